The van der Waals surface area contributed by atoms with Gasteiger partial charge in [-0.15, -0.1) is 0 Å². The molecule has 0 spiro atoms. The van der Waals surface area contributed by atoms with Gasteiger partial charge in [0.25, 0.3) is 0 Å². The van der Waals surface area contributed by atoms with Gasteiger partial charge in [-0.1, -0.05) is 0 Å². The van der Waals surface area contributed by atoms with E-state index in [4.69, 9.17) is 14.2 Å². The number of hydrogen-bond donors (Lipinski definition) is 0. The van der Waals surface area contributed by atoms with E-state index in [-0.39, 0.29) is 11.9 Å². The summed E-state index contributed by atoms with van der Waals surface area (Å²) >= 11 is 3.31. The van der Waals surface area contributed by atoms with Crippen LogP contribution in [0.4, 0.5) is 14.9 Å². The first-order valence-electron chi connectivity index (χ1n) is 10.8. The predicted molar refractivity (Wildman–Crippen MR) is 130 cm³/mol. The molecule has 8 nitrogen and oxygen atoms in total. The second-order valence-corrected chi connectivity index (χ2v) is 9.71. The number of methoxy groups -OCH3 is 1. The number of amides is 1. The Kier molecular flexibility index (Phi) is 6.79. The van der Waals surface area contributed by atoms with Crippen molar-refractivity contribution in [2.75, 3.05) is 38.2 Å². The number of ether oxygens (including phenoxy) is 3. The molecule has 1 aromatic heterocycles. The summed E-state index contributed by atoms with van der Waals surface area (Å²) in [6, 6.07) is 7.93. The number of fused-ring (bicyclic) bond motifs is 1. The van der Waals surface area contributed by atoms with E-state index in [1.807, 2.05) is 32.9 Å². The van der Waals surface area contributed by atoms with Gasteiger partial charge in [0.05, 0.1) is 28.2 Å². The van der Waals surface area contributed by atoms with E-state index in [0.717, 1.165) is 5.69 Å². The Labute approximate surface area is 205 Å². The molecule has 4 rings (SSSR count). The van der Waals surface area contributed by atoms with Gasteiger partial charge in [-0.25, -0.2) is 19.2 Å². The highest BCUT2D eigenvalue weighted by Gasteiger charge is 2.27. The van der Waals surface area contributed by atoms with Crippen LogP contribution in [-0.2, 0) is 4.74 Å². The first-order valence-corrected chi connectivity index (χ1v) is 11.6. The summed E-state index contributed by atoms with van der Waals surface area (Å²) in [5, 5.41) is 0.659. The first-order chi connectivity index (χ1) is 16.1. The van der Waals surface area contributed by atoms with Crippen LogP contribution in [0.3, 0.4) is 0 Å². The number of aromatic nitrogens is 2. The Morgan fingerprint density at radius 2 is 1.79 bits per heavy atom. The van der Waals surface area contributed by atoms with E-state index in [0.29, 0.717) is 58.9 Å². The Morgan fingerprint density at radius 3 is 2.44 bits per heavy atom. The number of carbonyl (C=O) groups is 1. The molecule has 0 atom stereocenters. The summed E-state index contributed by atoms with van der Waals surface area (Å²) in [5.74, 6) is 1.03. The molecule has 1 aliphatic heterocycles. The third-order valence-corrected chi connectivity index (χ3v) is 5.89. The molecule has 0 radical (unpaired) electrons. The molecule has 0 unspecified atom stereocenters. The van der Waals surface area contributed by atoms with Gasteiger partial charge in [-0.3, -0.25) is 0 Å². The fourth-order valence-electron chi connectivity index (χ4n) is 3.66. The van der Waals surface area contributed by atoms with Crippen LogP contribution < -0.4 is 14.4 Å². The summed E-state index contributed by atoms with van der Waals surface area (Å²) in [5.41, 5.74) is 1.01. The molecule has 1 fully saturated rings. The van der Waals surface area contributed by atoms with E-state index in [1.165, 1.54) is 24.5 Å². The van der Waals surface area contributed by atoms with Crippen LogP contribution in [0, 0.1) is 5.82 Å². The molecule has 0 bridgehead atoms. The van der Waals surface area contributed by atoms with Gasteiger partial charge in [0.1, 0.15) is 29.2 Å². The molecule has 0 aliphatic carbocycles. The Morgan fingerprint density at radius 1 is 1.06 bits per heavy atom. The second-order valence-electron chi connectivity index (χ2n) is 8.85. The maximum absolute atomic E-state index is 13.4. The van der Waals surface area contributed by atoms with Crippen molar-refractivity contribution in [2.45, 2.75) is 26.4 Å². The lowest BCUT2D eigenvalue weighted by Gasteiger charge is -2.37. The van der Waals surface area contributed by atoms with Crippen LogP contribution in [0.25, 0.3) is 10.9 Å². The average Bonchev–Trinajstić information content (AvgIpc) is 2.79. The van der Waals surface area contributed by atoms with Crippen molar-refractivity contribution >= 4 is 38.6 Å². The van der Waals surface area contributed by atoms with Crippen molar-refractivity contribution in [2.24, 2.45) is 0 Å². The first kappa shape index (κ1) is 24.0. The van der Waals surface area contributed by atoms with Gasteiger partial charge in [0, 0.05) is 26.2 Å². The number of benzene rings is 2. The standard InChI is InChI=1S/C24H26BrFN4O4/c1-24(2,3)34-23(31)30-9-7-29(8-10-30)19-13-18-16(12-21(19)32-4)22(28-14-27-18)33-20-6-5-15(26)11-17(20)25/h5-6,11-14H,7-10H2,1-4H3. The van der Waals surface area contributed by atoms with Crippen LogP contribution >= 0.6 is 15.9 Å². The maximum Gasteiger partial charge on any atom is 0.410 e. The molecule has 0 N–H and O–H groups in total. The Balaban J connectivity index is 1.57. The molecule has 2 heterocycles. The lowest BCUT2D eigenvalue weighted by Crippen LogP contribution is -2.50. The van der Waals surface area contributed by atoms with Crippen molar-refractivity contribution in [1.82, 2.24) is 14.9 Å². The monoisotopic (exact) mass is 532 g/mol. The number of hydrogen-bond acceptors (Lipinski definition) is 7. The molecule has 1 aliphatic rings. The normalized spacial score (nSPS) is 14.3. The van der Waals surface area contributed by atoms with E-state index in [9.17, 15) is 9.18 Å². The number of rotatable bonds is 4. The zero-order valence-corrected chi connectivity index (χ0v) is 21.1. The number of carbonyl (C=O) groups excluding carboxylic acids is 1. The molecule has 10 heteroatoms. The highest BCUT2D eigenvalue weighted by atomic mass is 79.9. The molecule has 2 aromatic carbocycles. The Bertz CT molecular complexity index is 1210. The van der Waals surface area contributed by atoms with Gasteiger partial charge >= 0.3 is 6.09 Å². The minimum absolute atomic E-state index is 0.306. The molecule has 3 aromatic rings. The quantitative estimate of drug-likeness (QED) is 0.445. The summed E-state index contributed by atoms with van der Waals surface area (Å²) in [7, 11) is 1.60. The highest BCUT2D eigenvalue weighted by Crippen LogP contribution is 2.38. The zero-order valence-electron chi connectivity index (χ0n) is 19.5. The van der Waals surface area contributed by atoms with Gasteiger partial charge in [0.15, 0.2) is 0 Å². The fourth-order valence-corrected chi connectivity index (χ4v) is 4.09. The van der Waals surface area contributed by atoms with Crippen molar-refractivity contribution in [1.29, 1.82) is 0 Å². The topological polar surface area (TPSA) is 77.0 Å². The van der Waals surface area contributed by atoms with Gasteiger partial charge < -0.3 is 24.0 Å². The third kappa shape index (κ3) is 5.32. The number of piperazine rings is 1. The van der Waals surface area contributed by atoms with Crippen molar-refractivity contribution < 1.29 is 23.4 Å². The fraction of sp³-hybridized carbons (Fsp3) is 0.375. The van der Waals surface area contributed by atoms with Gasteiger partial charge in [-0.2, -0.15) is 0 Å². The van der Waals surface area contributed by atoms with Gasteiger partial charge in [0.2, 0.25) is 5.88 Å². The minimum atomic E-state index is -0.529. The van der Waals surface area contributed by atoms with Gasteiger partial charge in [-0.05, 0) is 67.0 Å². The average molecular weight is 533 g/mol. The number of anilines is 1. The van der Waals surface area contributed by atoms with Crippen molar-refractivity contribution in [3.8, 4) is 17.4 Å². The second kappa shape index (κ2) is 9.61. The predicted octanol–water partition coefficient (Wildman–Crippen LogP) is 5.39. The lowest BCUT2D eigenvalue weighted by molar-refractivity contribution is 0.0240. The zero-order chi connectivity index (χ0) is 24.5. The smallest absolute Gasteiger partial charge is 0.410 e. The molecule has 0 saturated carbocycles. The molecular formula is C24H26BrFN4O4. The Hall–Kier alpha value is -3.14. The van der Waals surface area contributed by atoms with Crippen molar-refractivity contribution in [3.05, 3.63) is 46.9 Å². The maximum atomic E-state index is 13.4. The van der Waals surface area contributed by atoms with E-state index in [1.54, 1.807) is 12.0 Å². The molecule has 1 amide bonds. The van der Waals surface area contributed by atoms with E-state index < -0.39 is 5.60 Å². The molecular weight excluding hydrogens is 507 g/mol. The van der Waals surface area contributed by atoms with Crippen molar-refractivity contribution in [3.63, 3.8) is 0 Å². The molecule has 180 valence electrons. The minimum Gasteiger partial charge on any atom is -0.495 e. The number of nitrogens with zero attached hydrogens (tertiary/aromatic N) is 4. The largest absolute Gasteiger partial charge is 0.495 e. The lowest BCUT2D eigenvalue weighted by atomic mass is 10.1. The molecule has 34 heavy (non-hydrogen) atoms. The summed E-state index contributed by atoms with van der Waals surface area (Å²) in [6.45, 7) is 7.89. The molecule has 1 saturated heterocycles. The third-order valence-electron chi connectivity index (χ3n) is 5.27. The van der Waals surface area contributed by atoms with Crippen LogP contribution in [0.2, 0.25) is 0 Å². The summed E-state index contributed by atoms with van der Waals surface area (Å²) < 4.78 is 31.0. The van der Waals surface area contributed by atoms with Crippen LogP contribution in [0.1, 0.15) is 20.8 Å². The van der Waals surface area contributed by atoms with Crippen LogP contribution in [-0.4, -0.2) is 59.9 Å². The summed E-state index contributed by atoms with van der Waals surface area (Å²) in [4.78, 5) is 24.9. The van der Waals surface area contributed by atoms with E-state index in [2.05, 4.69) is 30.8 Å². The number of halogens is 2. The van der Waals surface area contributed by atoms with E-state index >= 15 is 0 Å². The summed E-state index contributed by atoms with van der Waals surface area (Å²) in [6.07, 6.45) is 1.12. The van der Waals surface area contributed by atoms with Crippen LogP contribution in [0.5, 0.6) is 17.4 Å². The van der Waals surface area contributed by atoms with Crippen LogP contribution in [0.15, 0.2) is 41.1 Å². The SMILES string of the molecule is COc1cc2c(Oc3ccc(F)cc3Br)ncnc2cc1N1CCN(C(=O)OC(C)(C)C)CC1. The highest BCUT2D eigenvalue weighted by molar-refractivity contribution is 9.10.